The van der Waals surface area contributed by atoms with Crippen LogP contribution in [0.1, 0.15) is 22.5 Å². The van der Waals surface area contributed by atoms with E-state index in [1.54, 1.807) is 12.4 Å². The fourth-order valence-corrected chi connectivity index (χ4v) is 3.41. The first kappa shape index (κ1) is 29.6. The molecule has 0 spiro atoms. The summed E-state index contributed by atoms with van der Waals surface area (Å²) in [7, 11) is 0. The number of aromatic nitrogens is 4. The van der Waals surface area contributed by atoms with Crippen molar-refractivity contribution in [2.75, 3.05) is 0 Å². The van der Waals surface area contributed by atoms with Crippen molar-refractivity contribution in [3.63, 3.8) is 0 Å². The minimum atomic E-state index is 1.03. The number of hydrogen-bond acceptors (Lipinski definition) is 4. The average molecular weight is 525 g/mol. The van der Waals surface area contributed by atoms with Crippen LogP contribution in [0.15, 0.2) is 146 Å². The van der Waals surface area contributed by atoms with Crippen LogP contribution < -0.4 is 0 Å². The largest absolute Gasteiger partial charge is 0.264 e. The third-order valence-electron chi connectivity index (χ3n) is 5.62. The van der Waals surface area contributed by atoms with E-state index >= 15 is 0 Å². The fourth-order valence-electron chi connectivity index (χ4n) is 3.41. The number of aryl methyl sites for hydroxylation is 4. The third kappa shape index (κ3) is 11.2. The number of rotatable bonds is 2. The first-order valence-electron chi connectivity index (χ1n) is 13.2. The molecule has 0 unspecified atom stereocenters. The number of nitrogens with zero attached hydrogens (tertiary/aromatic N) is 4. The SMILES string of the molecule is Cc1ccc(-c2ccccc2)cn1.Cc1ccc(-c2ccccc2)nc1.Cc1ccccn1.Cc1cccnc1. The lowest BCUT2D eigenvalue weighted by Gasteiger charge is -2.00. The van der Waals surface area contributed by atoms with Crippen LogP contribution >= 0.6 is 0 Å². The number of hydrogen-bond donors (Lipinski definition) is 0. The molecule has 0 aliphatic rings. The molecule has 0 aliphatic carbocycles. The lowest BCUT2D eigenvalue weighted by atomic mass is 10.1. The lowest BCUT2D eigenvalue weighted by Crippen LogP contribution is -1.82. The molecular formula is C36H36N4. The first-order chi connectivity index (χ1) is 19.5. The molecular weight excluding hydrogens is 488 g/mol. The Balaban J connectivity index is 0.000000153. The van der Waals surface area contributed by atoms with E-state index in [9.17, 15) is 0 Å². The summed E-state index contributed by atoms with van der Waals surface area (Å²) < 4.78 is 0. The molecule has 0 bridgehead atoms. The second-order valence-corrected chi connectivity index (χ2v) is 9.14. The van der Waals surface area contributed by atoms with Crippen molar-refractivity contribution in [1.29, 1.82) is 0 Å². The Morgan fingerprint density at radius 3 is 1.48 bits per heavy atom. The maximum absolute atomic E-state index is 4.35. The Kier molecular flexibility index (Phi) is 12.4. The first-order valence-corrected chi connectivity index (χ1v) is 13.2. The van der Waals surface area contributed by atoms with E-state index < -0.39 is 0 Å². The van der Waals surface area contributed by atoms with Gasteiger partial charge in [-0.2, -0.15) is 0 Å². The van der Waals surface area contributed by atoms with Crippen molar-refractivity contribution in [1.82, 2.24) is 19.9 Å². The molecule has 0 saturated heterocycles. The molecule has 0 radical (unpaired) electrons. The molecule has 4 heterocycles. The number of pyridine rings is 4. The molecule has 0 aliphatic heterocycles. The smallest absolute Gasteiger partial charge is 0.0702 e. The molecule has 0 N–H and O–H groups in total. The van der Waals surface area contributed by atoms with Crippen LogP contribution in [0.25, 0.3) is 22.4 Å². The normalized spacial score (nSPS) is 9.50. The highest BCUT2D eigenvalue weighted by Crippen LogP contribution is 2.17. The van der Waals surface area contributed by atoms with E-state index in [4.69, 9.17) is 0 Å². The lowest BCUT2D eigenvalue weighted by molar-refractivity contribution is 1.20. The van der Waals surface area contributed by atoms with E-state index in [1.807, 2.05) is 125 Å². The zero-order valence-corrected chi connectivity index (χ0v) is 23.6. The fraction of sp³-hybridized carbons (Fsp3) is 0.111. The molecule has 40 heavy (non-hydrogen) atoms. The quantitative estimate of drug-likeness (QED) is 0.227. The Morgan fingerprint density at radius 2 is 1.02 bits per heavy atom. The van der Waals surface area contributed by atoms with E-state index in [2.05, 4.69) is 56.3 Å². The third-order valence-corrected chi connectivity index (χ3v) is 5.62. The van der Waals surface area contributed by atoms with Crippen molar-refractivity contribution in [3.8, 4) is 22.4 Å². The molecule has 4 nitrogen and oxygen atoms in total. The Bertz CT molecular complexity index is 1350. The second-order valence-electron chi connectivity index (χ2n) is 9.14. The van der Waals surface area contributed by atoms with Crippen molar-refractivity contribution >= 4 is 0 Å². The summed E-state index contributed by atoms with van der Waals surface area (Å²) in [4.78, 5) is 16.5. The van der Waals surface area contributed by atoms with E-state index in [1.165, 1.54) is 27.8 Å². The van der Waals surface area contributed by atoms with Gasteiger partial charge in [0, 0.05) is 53.5 Å². The summed E-state index contributed by atoms with van der Waals surface area (Å²) in [5.41, 5.74) is 9.12. The molecule has 6 rings (SSSR count). The van der Waals surface area contributed by atoms with Gasteiger partial charge in [0.15, 0.2) is 0 Å². The van der Waals surface area contributed by atoms with Crippen LogP contribution in [0.2, 0.25) is 0 Å². The molecule has 0 amide bonds. The maximum atomic E-state index is 4.35. The topological polar surface area (TPSA) is 51.6 Å². The average Bonchev–Trinajstić information content (AvgIpc) is 3.01. The highest BCUT2D eigenvalue weighted by atomic mass is 14.7. The van der Waals surface area contributed by atoms with Gasteiger partial charge >= 0.3 is 0 Å². The van der Waals surface area contributed by atoms with Gasteiger partial charge in [0.2, 0.25) is 0 Å². The van der Waals surface area contributed by atoms with E-state index in [-0.39, 0.29) is 0 Å². The molecule has 6 aromatic rings. The summed E-state index contributed by atoms with van der Waals surface area (Å²) in [5.74, 6) is 0. The van der Waals surface area contributed by atoms with Gasteiger partial charge in [-0.05, 0) is 74.7 Å². The molecule has 4 heteroatoms. The Hall–Kier alpha value is -4.96. The maximum Gasteiger partial charge on any atom is 0.0702 e. The summed E-state index contributed by atoms with van der Waals surface area (Å²) in [6.07, 6.45) is 9.19. The summed E-state index contributed by atoms with van der Waals surface area (Å²) in [5, 5.41) is 0. The van der Waals surface area contributed by atoms with Crippen molar-refractivity contribution in [2.45, 2.75) is 27.7 Å². The predicted octanol–water partition coefficient (Wildman–Crippen LogP) is 8.89. The van der Waals surface area contributed by atoms with Crippen molar-refractivity contribution < 1.29 is 0 Å². The van der Waals surface area contributed by atoms with Crippen molar-refractivity contribution in [3.05, 3.63) is 169 Å². The van der Waals surface area contributed by atoms with Gasteiger partial charge in [-0.25, -0.2) is 0 Å². The van der Waals surface area contributed by atoms with Gasteiger partial charge in [0.05, 0.1) is 5.69 Å². The van der Waals surface area contributed by atoms with Crippen LogP contribution in [0.4, 0.5) is 0 Å². The summed E-state index contributed by atoms with van der Waals surface area (Å²) in [6.45, 7) is 8.03. The summed E-state index contributed by atoms with van der Waals surface area (Å²) in [6, 6.07) is 38.5. The highest BCUT2D eigenvalue weighted by molar-refractivity contribution is 5.62. The highest BCUT2D eigenvalue weighted by Gasteiger charge is 1.96. The van der Waals surface area contributed by atoms with Gasteiger partial charge in [0.25, 0.3) is 0 Å². The van der Waals surface area contributed by atoms with Crippen molar-refractivity contribution in [2.24, 2.45) is 0 Å². The molecule has 0 fully saturated rings. The van der Waals surface area contributed by atoms with Crippen LogP contribution in [0.3, 0.4) is 0 Å². The minimum absolute atomic E-state index is 1.03. The zero-order chi connectivity index (χ0) is 28.4. The standard InChI is InChI=1S/2C12H11N.2C6H7N/c1-10-7-8-12(9-13-10)11-5-3-2-4-6-11;1-10-7-8-12(13-9-10)11-5-3-2-4-6-11;1-6-3-2-4-7-5-6;1-6-4-2-3-5-7-6/h2*2-9H,1H3;2*2-5H,1H3. The van der Waals surface area contributed by atoms with Gasteiger partial charge in [0.1, 0.15) is 0 Å². The van der Waals surface area contributed by atoms with Gasteiger partial charge in [-0.3, -0.25) is 19.9 Å². The monoisotopic (exact) mass is 524 g/mol. The van der Waals surface area contributed by atoms with Gasteiger partial charge in [-0.1, -0.05) is 84.9 Å². The van der Waals surface area contributed by atoms with Gasteiger partial charge < -0.3 is 0 Å². The van der Waals surface area contributed by atoms with E-state index in [0.717, 1.165) is 17.1 Å². The molecule has 2 aromatic carbocycles. The van der Waals surface area contributed by atoms with Crippen LogP contribution in [-0.2, 0) is 0 Å². The minimum Gasteiger partial charge on any atom is -0.264 e. The van der Waals surface area contributed by atoms with Crippen LogP contribution in [0, 0.1) is 27.7 Å². The number of benzene rings is 2. The summed E-state index contributed by atoms with van der Waals surface area (Å²) >= 11 is 0. The van der Waals surface area contributed by atoms with E-state index in [0.29, 0.717) is 0 Å². The van der Waals surface area contributed by atoms with Crippen LogP contribution in [-0.4, -0.2) is 19.9 Å². The second kappa shape index (κ2) is 16.8. The Morgan fingerprint density at radius 1 is 0.375 bits per heavy atom. The van der Waals surface area contributed by atoms with Crippen LogP contribution in [0.5, 0.6) is 0 Å². The molecule has 0 saturated carbocycles. The van der Waals surface area contributed by atoms with Gasteiger partial charge in [-0.15, -0.1) is 0 Å². The molecule has 4 aromatic heterocycles. The molecule has 200 valence electrons. The Labute approximate surface area is 238 Å². The molecule has 0 atom stereocenters. The predicted molar refractivity (Wildman–Crippen MR) is 167 cm³/mol. The zero-order valence-electron chi connectivity index (χ0n) is 23.6.